The van der Waals surface area contributed by atoms with Crippen LogP contribution >= 0.6 is 11.6 Å². The molecular weight excluding hydrogens is 304 g/mol. The van der Waals surface area contributed by atoms with Crippen molar-refractivity contribution in [3.05, 3.63) is 57.0 Å². The minimum atomic E-state index is -0.821. The molecule has 22 heavy (non-hydrogen) atoms. The van der Waals surface area contributed by atoms with E-state index < -0.39 is 11.9 Å². The van der Waals surface area contributed by atoms with Crippen LogP contribution in [0.4, 0.5) is 5.69 Å². The molecule has 0 spiro atoms. The van der Waals surface area contributed by atoms with E-state index in [-0.39, 0.29) is 11.1 Å². The number of aryl methyl sites for hydroxylation is 1. The lowest BCUT2D eigenvalue weighted by Gasteiger charge is -2.15. The first-order chi connectivity index (χ1) is 10.4. The first-order valence-corrected chi connectivity index (χ1v) is 6.87. The van der Waals surface area contributed by atoms with Crippen molar-refractivity contribution in [1.29, 1.82) is 5.26 Å². The van der Waals surface area contributed by atoms with Gasteiger partial charge in [-0.1, -0.05) is 11.6 Å². The van der Waals surface area contributed by atoms with Gasteiger partial charge < -0.3 is 5.32 Å². The summed E-state index contributed by atoms with van der Waals surface area (Å²) in [5.41, 5.74) is 0.835. The van der Waals surface area contributed by atoms with Gasteiger partial charge in [-0.05, 0) is 38.1 Å². The van der Waals surface area contributed by atoms with Gasteiger partial charge >= 0.3 is 0 Å². The first kappa shape index (κ1) is 15.7. The Morgan fingerprint density at radius 1 is 1.41 bits per heavy atom. The standard InChI is InChI=1S/C15H13ClN4O2/c1-9-3-6-14(21)20(19-9)10(2)15(22)18-13-7-12(16)5-4-11(13)8-17/h3-7,10H,1-2H3,(H,18,22). The molecule has 112 valence electrons. The van der Waals surface area contributed by atoms with Gasteiger partial charge in [-0.3, -0.25) is 9.59 Å². The van der Waals surface area contributed by atoms with Crippen molar-refractivity contribution in [1.82, 2.24) is 9.78 Å². The van der Waals surface area contributed by atoms with Crippen LogP contribution < -0.4 is 10.9 Å². The highest BCUT2D eigenvalue weighted by Crippen LogP contribution is 2.21. The third-order valence-corrected chi connectivity index (χ3v) is 3.30. The normalized spacial score (nSPS) is 11.5. The quantitative estimate of drug-likeness (QED) is 0.941. The molecule has 6 nitrogen and oxygen atoms in total. The molecule has 0 radical (unpaired) electrons. The van der Waals surface area contributed by atoms with Crippen molar-refractivity contribution in [3.8, 4) is 6.07 Å². The average Bonchev–Trinajstić information content (AvgIpc) is 2.49. The number of carbonyl (C=O) groups excluding carboxylic acids is 1. The number of amides is 1. The molecular formula is C15H13ClN4O2. The SMILES string of the molecule is Cc1ccc(=O)n(C(C)C(=O)Nc2cc(Cl)ccc2C#N)n1. The van der Waals surface area contributed by atoms with Crippen LogP contribution in [0.15, 0.2) is 35.1 Å². The Morgan fingerprint density at radius 2 is 2.14 bits per heavy atom. The monoisotopic (exact) mass is 316 g/mol. The van der Waals surface area contributed by atoms with E-state index in [0.717, 1.165) is 4.68 Å². The van der Waals surface area contributed by atoms with Crippen LogP contribution in [-0.2, 0) is 4.79 Å². The minimum absolute atomic E-state index is 0.287. The van der Waals surface area contributed by atoms with Gasteiger partial charge in [-0.15, -0.1) is 0 Å². The highest BCUT2D eigenvalue weighted by Gasteiger charge is 2.18. The van der Waals surface area contributed by atoms with Gasteiger partial charge in [-0.2, -0.15) is 10.4 Å². The van der Waals surface area contributed by atoms with Gasteiger partial charge in [0.1, 0.15) is 12.1 Å². The van der Waals surface area contributed by atoms with Crippen LogP contribution in [-0.4, -0.2) is 15.7 Å². The Morgan fingerprint density at radius 3 is 2.82 bits per heavy atom. The van der Waals surface area contributed by atoms with Crippen LogP contribution in [0.3, 0.4) is 0 Å². The minimum Gasteiger partial charge on any atom is -0.323 e. The van der Waals surface area contributed by atoms with Crippen molar-refractivity contribution in [3.63, 3.8) is 0 Å². The van der Waals surface area contributed by atoms with E-state index in [1.165, 1.54) is 18.2 Å². The number of halogens is 1. The molecule has 1 N–H and O–H groups in total. The summed E-state index contributed by atoms with van der Waals surface area (Å²) in [4.78, 5) is 24.1. The van der Waals surface area contributed by atoms with Gasteiger partial charge in [-0.25, -0.2) is 4.68 Å². The molecule has 0 aliphatic carbocycles. The largest absolute Gasteiger partial charge is 0.323 e. The predicted octanol–water partition coefficient (Wildman–Crippen LogP) is 2.28. The van der Waals surface area contributed by atoms with E-state index in [4.69, 9.17) is 16.9 Å². The molecule has 0 saturated heterocycles. The van der Waals surface area contributed by atoms with Gasteiger partial charge in [0.2, 0.25) is 5.91 Å². The van der Waals surface area contributed by atoms with Gasteiger partial charge in [0, 0.05) is 11.1 Å². The number of aromatic nitrogens is 2. The Labute approximate surface area is 131 Å². The second-order valence-corrected chi connectivity index (χ2v) is 5.16. The number of nitrogens with one attached hydrogen (secondary N) is 1. The van der Waals surface area contributed by atoms with E-state index in [9.17, 15) is 9.59 Å². The van der Waals surface area contributed by atoms with Crippen molar-refractivity contribution >= 4 is 23.2 Å². The smallest absolute Gasteiger partial charge is 0.267 e. The molecule has 1 unspecified atom stereocenters. The molecule has 0 fully saturated rings. The number of hydrogen-bond donors (Lipinski definition) is 1. The van der Waals surface area contributed by atoms with Crippen molar-refractivity contribution < 1.29 is 4.79 Å². The maximum Gasteiger partial charge on any atom is 0.267 e. The molecule has 1 atom stereocenters. The maximum atomic E-state index is 12.3. The second-order valence-electron chi connectivity index (χ2n) is 4.72. The zero-order chi connectivity index (χ0) is 16.3. The van der Waals surface area contributed by atoms with Gasteiger partial charge in [0.15, 0.2) is 0 Å². The zero-order valence-electron chi connectivity index (χ0n) is 12.0. The van der Waals surface area contributed by atoms with Crippen LogP contribution in [0.5, 0.6) is 0 Å². The van der Waals surface area contributed by atoms with Gasteiger partial charge in [0.05, 0.1) is 16.9 Å². The van der Waals surface area contributed by atoms with E-state index in [0.29, 0.717) is 16.4 Å². The third kappa shape index (κ3) is 3.32. The lowest BCUT2D eigenvalue weighted by atomic mass is 10.2. The Hall–Kier alpha value is -2.65. The lowest BCUT2D eigenvalue weighted by molar-refractivity contribution is -0.119. The third-order valence-electron chi connectivity index (χ3n) is 3.06. The average molecular weight is 317 g/mol. The van der Waals surface area contributed by atoms with Crippen LogP contribution in [0.2, 0.25) is 5.02 Å². The number of nitrogens with zero attached hydrogens (tertiary/aromatic N) is 3. The first-order valence-electron chi connectivity index (χ1n) is 6.49. The summed E-state index contributed by atoms with van der Waals surface area (Å²) in [5, 5.41) is 16.1. The highest BCUT2D eigenvalue weighted by molar-refractivity contribution is 6.31. The fourth-order valence-corrected chi connectivity index (χ4v) is 2.04. The van der Waals surface area contributed by atoms with Crippen molar-refractivity contribution in [2.75, 3.05) is 5.32 Å². The van der Waals surface area contributed by atoms with Crippen LogP contribution in [0, 0.1) is 18.3 Å². The van der Waals surface area contributed by atoms with E-state index >= 15 is 0 Å². The molecule has 1 heterocycles. The van der Waals surface area contributed by atoms with E-state index in [2.05, 4.69) is 10.4 Å². The van der Waals surface area contributed by atoms with Crippen molar-refractivity contribution in [2.45, 2.75) is 19.9 Å². The molecule has 0 aliphatic heterocycles. The molecule has 2 aromatic rings. The number of hydrogen-bond acceptors (Lipinski definition) is 4. The fraction of sp³-hybridized carbons (Fsp3) is 0.200. The molecule has 1 amide bonds. The maximum absolute atomic E-state index is 12.3. The molecule has 1 aromatic heterocycles. The van der Waals surface area contributed by atoms with Gasteiger partial charge in [0.25, 0.3) is 5.56 Å². The van der Waals surface area contributed by atoms with E-state index in [1.807, 2.05) is 6.07 Å². The lowest BCUT2D eigenvalue weighted by Crippen LogP contribution is -2.33. The molecule has 0 aliphatic rings. The Bertz CT molecular complexity index is 823. The summed E-state index contributed by atoms with van der Waals surface area (Å²) >= 11 is 5.87. The number of benzene rings is 1. The Kier molecular flexibility index (Phi) is 4.59. The Balaban J connectivity index is 2.30. The molecule has 0 bridgehead atoms. The van der Waals surface area contributed by atoms with E-state index in [1.54, 1.807) is 26.0 Å². The zero-order valence-corrected chi connectivity index (χ0v) is 12.8. The summed E-state index contributed by atoms with van der Waals surface area (Å²) in [6.45, 7) is 3.28. The number of carbonyl (C=O) groups is 1. The summed E-state index contributed by atoms with van der Waals surface area (Å²) in [7, 11) is 0. The molecule has 1 aromatic carbocycles. The number of rotatable bonds is 3. The fourth-order valence-electron chi connectivity index (χ4n) is 1.86. The highest BCUT2D eigenvalue weighted by atomic mass is 35.5. The van der Waals surface area contributed by atoms with Crippen LogP contribution in [0.1, 0.15) is 24.2 Å². The summed E-state index contributed by atoms with van der Waals surface area (Å²) < 4.78 is 1.10. The topological polar surface area (TPSA) is 87.8 Å². The number of anilines is 1. The summed E-state index contributed by atoms with van der Waals surface area (Å²) in [6.07, 6.45) is 0. The summed E-state index contributed by atoms with van der Waals surface area (Å²) in [6, 6.07) is 8.64. The summed E-state index contributed by atoms with van der Waals surface area (Å²) in [5.74, 6) is -0.459. The molecule has 0 saturated carbocycles. The van der Waals surface area contributed by atoms with Crippen LogP contribution in [0.25, 0.3) is 0 Å². The molecule has 2 rings (SSSR count). The molecule has 7 heteroatoms. The predicted molar refractivity (Wildman–Crippen MR) is 82.7 cm³/mol. The number of nitriles is 1. The van der Waals surface area contributed by atoms with Crippen molar-refractivity contribution in [2.24, 2.45) is 0 Å². The second kappa shape index (κ2) is 6.41.